The van der Waals surface area contributed by atoms with Gasteiger partial charge in [0.25, 0.3) is 5.69 Å². The number of para-hydroxylation sites is 1. The monoisotopic (exact) mass is 227 g/mol. The number of methoxy groups -OCH3 is 2. The van der Waals surface area contributed by atoms with E-state index in [4.69, 9.17) is 9.47 Å². The molecule has 0 saturated heterocycles. The van der Waals surface area contributed by atoms with Crippen molar-refractivity contribution >= 4 is 5.69 Å². The van der Waals surface area contributed by atoms with E-state index in [1.165, 1.54) is 20.3 Å². The summed E-state index contributed by atoms with van der Waals surface area (Å²) >= 11 is 0. The van der Waals surface area contributed by atoms with Crippen LogP contribution in [-0.4, -0.2) is 19.1 Å². The van der Waals surface area contributed by atoms with Crippen LogP contribution in [0.25, 0.3) is 0 Å². The summed E-state index contributed by atoms with van der Waals surface area (Å²) in [5.74, 6) is 0. The predicted molar refractivity (Wildman–Crippen MR) is 61.2 cm³/mol. The molecular weight excluding hydrogens is 210 g/mol. The fourth-order valence-corrected chi connectivity index (χ4v) is 1.20. The molecule has 1 aromatic rings. The Morgan fingerprint density at radius 2 is 1.69 bits per heavy atom. The van der Waals surface area contributed by atoms with Gasteiger partial charge in [0.05, 0.1) is 10.5 Å². The molecule has 0 aliphatic rings. The summed E-state index contributed by atoms with van der Waals surface area (Å²) in [6.45, 7) is 4.00. The van der Waals surface area contributed by atoms with Crippen LogP contribution in [0.3, 0.4) is 0 Å². The summed E-state index contributed by atoms with van der Waals surface area (Å²) < 4.78 is 9.90. The third-order valence-electron chi connectivity index (χ3n) is 1.82. The molecule has 0 radical (unpaired) electrons. The number of hydrogen-bond donors (Lipinski definition) is 0. The zero-order valence-corrected chi connectivity index (χ0v) is 9.97. The topological polar surface area (TPSA) is 61.6 Å². The van der Waals surface area contributed by atoms with E-state index in [0.29, 0.717) is 5.56 Å². The number of hydrogen-bond acceptors (Lipinski definition) is 4. The standard InChI is InChI=1S/C9H11NO4.C2H6/c1-13-9(14-2)7-5-3-4-6-8(7)10(11)12;1-2/h3-6,9H,1-2H3;1-2H3. The second kappa shape index (κ2) is 7.78. The van der Waals surface area contributed by atoms with E-state index in [1.54, 1.807) is 18.2 Å². The molecule has 1 rings (SSSR count). The van der Waals surface area contributed by atoms with Crippen LogP contribution >= 0.6 is 0 Å². The predicted octanol–water partition coefficient (Wildman–Crippen LogP) is 2.91. The normalized spacial score (nSPS) is 9.56. The summed E-state index contributed by atoms with van der Waals surface area (Å²) in [4.78, 5) is 10.2. The Balaban J connectivity index is 0.00000106. The van der Waals surface area contributed by atoms with Crippen molar-refractivity contribution in [2.75, 3.05) is 14.2 Å². The molecule has 0 amide bonds. The number of ether oxygens (including phenoxy) is 2. The molecule has 0 unspecified atom stereocenters. The van der Waals surface area contributed by atoms with E-state index in [9.17, 15) is 10.1 Å². The lowest BCUT2D eigenvalue weighted by molar-refractivity contribution is -0.387. The Morgan fingerprint density at radius 1 is 1.19 bits per heavy atom. The molecule has 0 aliphatic carbocycles. The van der Waals surface area contributed by atoms with Gasteiger partial charge in [-0.3, -0.25) is 10.1 Å². The number of nitro benzene ring substituents is 1. The third-order valence-corrected chi connectivity index (χ3v) is 1.82. The summed E-state index contributed by atoms with van der Waals surface area (Å²) in [5.41, 5.74) is 0.420. The highest BCUT2D eigenvalue weighted by Crippen LogP contribution is 2.26. The Hall–Kier alpha value is -1.46. The SMILES string of the molecule is CC.COC(OC)c1ccccc1[N+](=O)[O-]. The molecule has 16 heavy (non-hydrogen) atoms. The van der Waals surface area contributed by atoms with Crippen molar-refractivity contribution in [2.45, 2.75) is 20.1 Å². The van der Waals surface area contributed by atoms with Crippen molar-refractivity contribution in [3.8, 4) is 0 Å². The highest BCUT2D eigenvalue weighted by Gasteiger charge is 2.20. The van der Waals surface area contributed by atoms with E-state index in [0.717, 1.165) is 0 Å². The van der Waals surface area contributed by atoms with Gasteiger partial charge in [0.15, 0.2) is 6.29 Å². The summed E-state index contributed by atoms with van der Waals surface area (Å²) in [6, 6.07) is 6.33. The minimum atomic E-state index is -0.698. The Labute approximate surface area is 95.1 Å². The second-order valence-electron chi connectivity index (χ2n) is 2.62. The smallest absolute Gasteiger partial charge is 0.277 e. The average Bonchev–Trinajstić information content (AvgIpc) is 2.34. The fourth-order valence-electron chi connectivity index (χ4n) is 1.20. The molecular formula is C11H17NO4. The van der Waals surface area contributed by atoms with E-state index in [1.807, 2.05) is 13.8 Å². The number of rotatable bonds is 4. The van der Waals surface area contributed by atoms with Crippen molar-refractivity contribution in [3.05, 3.63) is 39.9 Å². The number of benzene rings is 1. The zero-order chi connectivity index (χ0) is 12.6. The van der Waals surface area contributed by atoms with Crippen molar-refractivity contribution < 1.29 is 14.4 Å². The first-order valence-corrected chi connectivity index (χ1v) is 4.99. The lowest BCUT2D eigenvalue weighted by Crippen LogP contribution is -2.06. The third kappa shape index (κ3) is 3.60. The lowest BCUT2D eigenvalue weighted by Gasteiger charge is -2.13. The maximum atomic E-state index is 10.7. The maximum Gasteiger partial charge on any atom is 0.277 e. The number of nitro groups is 1. The molecule has 0 spiro atoms. The first kappa shape index (κ1) is 14.5. The summed E-state index contributed by atoms with van der Waals surface area (Å²) in [7, 11) is 2.87. The van der Waals surface area contributed by atoms with Crippen LogP contribution in [0.15, 0.2) is 24.3 Å². The van der Waals surface area contributed by atoms with Crippen LogP contribution in [0.2, 0.25) is 0 Å². The highest BCUT2D eigenvalue weighted by atomic mass is 16.7. The minimum absolute atomic E-state index is 0.00111. The molecule has 0 aromatic heterocycles. The quantitative estimate of drug-likeness (QED) is 0.450. The first-order chi connectivity index (χ1) is 7.70. The largest absolute Gasteiger partial charge is 0.351 e. The molecule has 90 valence electrons. The molecule has 0 aliphatic heterocycles. The van der Waals surface area contributed by atoms with E-state index < -0.39 is 11.2 Å². The number of nitrogens with zero attached hydrogens (tertiary/aromatic N) is 1. The van der Waals surface area contributed by atoms with Crippen LogP contribution in [0.1, 0.15) is 25.7 Å². The highest BCUT2D eigenvalue weighted by molar-refractivity contribution is 5.40. The molecule has 1 aromatic carbocycles. The van der Waals surface area contributed by atoms with Gasteiger partial charge in [-0.2, -0.15) is 0 Å². The molecule has 0 bridgehead atoms. The second-order valence-corrected chi connectivity index (χ2v) is 2.62. The Bertz CT molecular complexity index is 324. The van der Waals surface area contributed by atoms with Gasteiger partial charge in [-0.1, -0.05) is 26.0 Å². The Kier molecular flexibility index (Phi) is 7.07. The molecule has 5 nitrogen and oxygen atoms in total. The van der Waals surface area contributed by atoms with Gasteiger partial charge in [-0.15, -0.1) is 0 Å². The fraction of sp³-hybridized carbons (Fsp3) is 0.455. The molecule has 0 N–H and O–H groups in total. The van der Waals surface area contributed by atoms with Crippen LogP contribution in [0, 0.1) is 10.1 Å². The van der Waals surface area contributed by atoms with Crippen molar-refractivity contribution in [2.24, 2.45) is 0 Å². The molecule has 0 saturated carbocycles. The minimum Gasteiger partial charge on any atom is -0.351 e. The van der Waals surface area contributed by atoms with Gasteiger partial charge in [0, 0.05) is 20.3 Å². The van der Waals surface area contributed by atoms with Crippen molar-refractivity contribution in [3.63, 3.8) is 0 Å². The van der Waals surface area contributed by atoms with Gasteiger partial charge in [0.1, 0.15) is 0 Å². The average molecular weight is 227 g/mol. The lowest BCUT2D eigenvalue weighted by atomic mass is 10.2. The van der Waals surface area contributed by atoms with Crippen LogP contribution in [0.4, 0.5) is 5.69 Å². The van der Waals surface area contributed by atoms with E-state index in [-0.39, 0.29) is 5.69 Å². The molecule has 5 heteroatoms. The van der Waals surface area contributed by atoms with Crippen molar-refractivity contribution in [1.29, 1.82) is 0 Å². The first-order valence-electron chi connectivity index (χ1n) is 4.99. The maximum absolute atomic E-state index is 10.7. The van der Waals surface area contributed by atoms with Crippen LogP contribution in [-0.2, 0) is 9.47 Å². The van der Waals surface area contributed by atoms with Crippen LogP contribution < -0.4 is 0 Å². The van der Waals surface area contributed by atoms with Crippen molar-refractivity contribution in [1.82, 2.24) is 0 Å². The van der Waals surface area contributed by atoms with Gasteiger partial charge in [-0.25, -0.2) is 0 Å². The molecule has 0 heterocycles. The Morgan fingerprint density at radius 3 is 2.12 bits per heavy atom. The molecule has 0 atom stereocenters. The summed E-state index contributed by atoms with van der Waals surface area (Å²) in [6.07, 6.45) is -0.698. The van der Waals surface area contributed by atoms with Gasteiger partial charge in [0.2, 0.25) is 0 Å². The zero-order valence-electron chi connectivity index (χ0n) is 9.97. The van der Waals surface area contributed by atoms with E-state index in [2.05, 4.69) is 0 Å². The van der Waals surface area contributed by atoms with Gasteiger partial charge < -0.3 is 9.47 Å². The van der Waals surface area contributed by atoms with Crippen LogP contribution in [0.5, 0.6) is 0 Å². The summed E-state index contributed by atoms with van der Waals surface area (Å²) in [5, 5.41) is 10.7. The van der Waals surface area contributed by atoms with Gasteiger partial charge in [-0.05, 0) is 6.07 Å². The van der Waals surface area contributed by atoms with E-state index >= 15 is 0 Å². The van der Waals surface area contributed by atoms with Gasteiger partial charge >= 0.3 is 0 Å². The molecule has 0 fully saturated rings.